The number of carbonyl (C=O) groups excluding carboxylic acids is 3. The van der Waals surface area contributed by atoms with Crippen molar-refractivity contribution in [2.45, 2.75) is 12.8 Å². The Kier molecular flexibility index (Phi) is 3.94. The fourth-order valence-corrected chi connectivity index (χ4v) is 3.12. The molecule has 1 aromatic rings. The van der Waals surface area contributed by atoms with Crippen molar-refractivity contribution in [1.29, 1.82) is 0 Å². The van der Waals surface area contributed by atoms with Crippen LogP contribution in [-0.4, -0.2) is 53.7 Å². The summed E-state index contributed by atoms with van der Waals surface area (Å²) in [6, 6.07) is 6.91. The smallest absolute Gasteiger partial charge is 0.261 e. The van der Waals surface area contributed by atoms with Gasteiger partial charge in [-0.1, -0.05) is 12.1 Å². The summed E-state index contributed by atoms with van der Waals surface area (Å²) in [5.74, 6) is -0.712. The molecule has 0 atom stereocenters. The standard InChI is InChI=1S/C16H19N3O3/c17-14(20)11-5-7-18(8-6-11)9-10-19-15(21)12-3-1-2-4-13(12)16(19)22/h1-4,11H,5-10H2,(H2,17,20). The van der Waals surface area contributed by atoms with E-state index in [2.05, 4.69) is 4.90 Å². The predicted octanol–water partition coefficient (Wildman–Crippen LogP) is 0.480. The summed E-state index contributed by atoms with van der Waals surface area (Å²) in [7, 11) is 0. The second-order valence-electron chi connectivity index (χ2n) is 5.83. The summed E-state index contributed by atoms with van der Waals surface area (Å²) >= 11 is 0. The van der Waals surface area contributed by atoms with E-state index in [-0.39, 0.29) is 23.6 Å². The highest BCUT2D eigenvalue weighted by Crippen LogP contribution is 2.22. The first kappa shape index (κ1) is 14.7. The lowest BCUT2D eigenvalue weighted by Gasteiger charge is -2.31. The number of likely N-dealkylation sites (tertiary alicyclic amines) is 1. The Bertz CT molecular complexity index is 586. The zero-order valence-electron chi connectivity index (χ0n) is 12.3. The average Bonchev–Trinajstić information content (AvgIpc) is 2.78. The van der Waals surface area contributed by atoms with Crippen molar-refractivity contribution < 1.29 is 14.4 Å². The maximum atomic E-state index is 12.2. The molecular formula is C16H19N3O3. The van der Waals surface area contributed by atoms with Gasteiger partial charge in [0.05, 0.1) is 11.1 Å². The first-order valence-corrected chi connectivity index (χ1v) is 7.55. The third-order valence-electron chi connectivity index (χ3n) is 4.51. The van der Waals surface area contributed by atoms with Crippen molar-refractivity contribution in [3.63, 3.8) is 0 Å². The van der Waals surface area contributed by atoms with Crippen LogP contribution in [0.25, 0.3) is 0 Å². The van der Waals surface area contributed by atoms with Crippen LogP contribution in [0.4, 0.5) is 0 Å². The maximum absolute atomic E-state index is 12.2. The Morgan fingerprint density at radius 3 is 2.09 bits per heavy atom. The number of carbonyl (C=O) groups is 3. The number of rotatable bonds is 4. The van der Waals surface area contributed by atoms with Crippen molar-refractivity contribution in [3.05, 3.63) is 35.4 Å². The molecule has 6 heteroatoms. The van der Waals surface area contributed by atoms with E-state index in [1.807, 2.05) is 0 Å². The lowest BCUT2D eigenvalue weighted by Crippen LogP contribution is -2.43. The summed E-state index contributed by atoms with van der Waals surface area (Å²) in [5, 5.41) is 0. The predicted molar refractivity (Wildman–Crippen MR) is 80.2 cm³/mol. The number of imide groups is 1. The van der Waals surface area contributed by atoms with E-state index in [9.17, 15) is 14.4 Å². The van der Waals surface area contributed by atoms with E-state index >= 15 is 0 Å². The van der Waals surface area contributed by atoms with E-state index in [0.29, 0.717) is 24.2 Å². The average molecular weight is 301 g/mol. The molecule has 0 aliphatic carbocycles. The molecule has 0 spiro atoms. The molecule has 0 bridgehead atoms. The van der Waals surface area contributed by atoms with Gasteiger partial charge in [-0.05, 0) is 38.1 Å². The second-order valence-corrected chi connectivity index (χ2v) is 5.83. The van der Waals surface area contributed by atoms with Gasteiger partial charge in [0.25, 0.3) is 11.8 Å². The summed E-state index contributed by atoms with van der Waals surface area (Å²) in [6.45, 7) is 2.57. The quantitative estimate of drug-likeness (QED) is 0.820. The van der Waals surface area contributed by atoms with Crippen LogP contribution < -0.4 is 5.73 Å². The molecule has 0 saturated carbocycles. The highest BCUT2D eigenvalue weighted by molar-refractivity contribution is 6.21. The summed E-state index contributed by atoms with van der Waals surface area (Å²) < 4.78 is 0. The van der Waals surface area contributed by atoms with Crippen molar-refractivity contribution in [2.24, 2.45) is 11.7 Å². The second kappa shape index (κ2) is 5.88. The van der Waals surface area contributed by atoms with Crippen molar-refractivity contribution in [2.75, 3.05) is 26.2 Å². The Morgan fingerprint density at radius 1 is 1.05 bits per heavy atom. The highest BCUT2D eigenvalue weighted by atomic mass is 16.2. The molecule has 3 rings (SSSR count). The third kappa shape index (κ3) is 2.62. The molecule has 1 saturated heterocycles. The van der Waals surface area contributed by atoms with Crippen LogP contribution in [0.1, 0.15) is 33.6 Å². The Labute approximate surface area is 128 Å². The number of nitrogens with zero attached hydrogens (tertiary/aromatic N) is 2. The molecule has 1 aromatic carbocycles. The molecule has 3 amide bonds. The summed E-state index contributed by atoms with van der Waals surface area (Å²) in [5.41, 5.74) is 6.29. The first-order valence-electron chi connectivity index (χ1n) is 7.55. The number of hydrogen-bond acceptors (Lipinski definition) is 4. The number of piperidine rings is 1. The number of amides is 3. The normalized spacial score (nSPS) is 19.5. The fourth-order valence-electron chi connectivity index (χ4n) is 3.12. The minimum atomic E-state index is -0.236. The first-order chi connectivity index (χ1) is 10.6. The van der Waals surface area contributed by atoms with E-state index < -0.39 is 0 Å². The van der Waals surface area contributed by atoms with Gasteiger partial charge < -0.3 is 10.6 Å². The van der Waals surface area contributed by atoms with Crippen molar-refractivity contribution in [1.82, 2.24) is 9.80 Å². The van der Waals surface area contributed by atoms with Crippen LogP contribution in [0, 0.1) is 5.92 Å². The van der Waals surface area contributed by atoms with Crippen molar-refractivity contribution >= 4 is 17.7 Å². The largest absolute Gasteiger partial charge is 0.369 e. The molecule has 2 aliphatic heterocycles. The number of primary amides is 1. The fraction of sp³-hybridized carbons (Fsp3) is 0.438. The Morgan fingerprint density at radius 2 is 1.59 bits per heavy atom. The molecule has 6 nitrogen and oxygen atoms in total. The number of fused-ring (bicyclic) bond motifs is 1. The van der Waals surface area contributed by atoms with Gasteiger partial charge in [0.2, 0.25) is 5.91 Å². The Balaban J connectivity index is 1.56. The van der Waals surface area contributed by atoms with Gasteiger partial charge in [0, 0.05) is 19.0 Å². The molecule has 0 aromatic heterocycles. The van der Waals surface area contributed by atoms with Crippen LogP contribution in [-0.2, 0) is 4.79 Å². The van der Waals surface area contributed by atoms with E-state index in [4.69, 9.17) is 5.73 Å². The molecule has 2 N–H and O–H groups in total. The zero-order valence-corrected chi connectivity index (χ0v) is 12.3. The molecule has 0 radical (unpaired) electrons. The topological polar surface area (TPSA) is 83.7 Å². The lowest BCUT2D eigenvalue weighted by molar-refractivity contribution is -0.123. The van der Waals surface area contributed by atoms with Crippen LogP contribution in [0.5, 0.6) is 0 Å². The van der Waals surface area contributed by atoms with Crippen LogP contribution in [0.15, 0.2) is 24.3 Å². The van der Waals surface area contributed by atoms with Gasteiger partial charge in [-0.25, -0.2) is 0 Å². The van der Waals surface area contributed by atoms with Crippen LogP contribution in [0.3, 0.4) is 0 Å². The number of hydrogen-bond donors (Lipinski definition) is 1. The highest BCUT2D eigenvalue weighted by Gasteiger charge is 2.35. The van der Waals surface area contributed by atoms with Crippen molar-refractivity contribution in [3.8, 4) is 0 Å². The van der Waals surface area contributed by atoms with E-state index in [1.54, 1.807) is 24.3 Å². The third-order valence-corrected chi connectivity index (χ3v) is 4.51. The van der Waals surface area contributed by atoms with E-state index in [0.717, 1.165) is 25.9 Å². The van der Waals surface area contributed by atoms with Gasteiger partial charge in [-0.15, -0.1) is 0 Å². The van der Waals surface area contributed by atoms with Gasteiger partial charge in [-0.3, -0.25) is 19.3 Å². The molecule has 2 heterocycles. The van der Waals surface area contributed by atoms with Gasteiger partial charge in [0.15, 0.2) is 0 Å². The number of benzene rings is 1. The van der Waals surface area contributed by atoms with Crippen LogP contribution in [0.2, 0.25) is 0 Å². The van der Waals surface area contributed by atoms with Crippen LogP contribution >= 0.6 is 0 Å². The zero-order chi connectivity index (χ0) is 15.7. The summed E-state index contributed by atoms with van der Waals surface area (Å²) in [6.07, 6.45) is 1.49. The van der Waals surface area contributed by atoms with Gasteiger partial charge >= 0.3 is 0 Å². The molecule has 22 heavy (non-hydrogen) atoms. The molecule has 0 unspecified atom stereocenters. The lowest BCUT2D eigenvalue weighted by atomic mass is 9.96. The summed E-state index contributed by atoms with van der Waals surface area (Å²) in [4.78, 5) is 39.1. The minimum absolute atomic E-state index is 0.0458. The molecular weight excluding hydrogens is 282 g/mol. The maximum Gasteiger partial charge on any atom is 0.261 e. The minimum Gasteiger partial charge on any atom is -0.369 e. The number of nitrogens with two attached hydrogens (primary N) is 1. The molecule has 1 fully saturated rings. The van der Waals surface area contributed by atoms with Gasteiger partial charge in [-0.2, -0.15) is 0 Å². The SMILES string of the molecule is NC(=O)C1CCN(CCN2C(=O)c3ccccc3C2=O)CC1. The monoisotopic (exact) mass is 301 g/mol. The Hall–Kier alpha value is -2.21. The molecule has 116 valence electrons. The van der Waals surface area contributed by atoms with E-state index in [1.165, 1.54) is 4.90 Å². The van der Waals surface area contributed by atoms with Gasteiger partial charge in [0.1, 0.15) is 0 Å². The molecule has 2 aliphatic rings.